The molecule has 0 radical (unpaired) electrons. The highest BCUT2D eigenvalue weighted by Crippen LogP contribution is 2.20. The Morgan fingerprint density at radius 3 is 2.95 bits per heavy atom. The van der Waals surface area contributed by atoms with Gasteiger partial charge in [0.1, 0.15) is 5.82 Å². The highest BCUT2D eigenvalue weighted by molar-refractivity contribution is 6.17. The van der Waals surface area contributed by atoms with Crippen molar-refractivity contribution in [3.63, 3.8) is 0 Å². The minimum Gasteiger partial charge on any atom is -0.340 e. The predicted molar refractivity (Wildman–Crippen MR) is 76.9 cm³/mol. The molecular weight excluding hydrogens is 276 g/mol. The third kappa shape index (κ3) is 2.41. The summed E-state index contributed by atoms with van der Waals surface area (Å²) in [4.78, 5) is 8.77. The Morgan fingerprint density at radius 1 is 1.30 bits per heavy atom. The number of fused-ring (bicyclic) bond motifs is 1. The second-order valence-corrected chi connectivity index (χ2v) is 5.02. The van der Waals surface area contributed by atoms with Crippen molar-refractivity contribution in [1.29, 1.82) is 0 Å². The first-order valence-electron chi connectivity index (χ1n) is 6.56. The number of alkyl halides is 1. The van der Waals surface area contributed by atoms with Gasteiger partial charge in [0.05, 0.1) is 11.0 Å². The molecule has 104 valence electrons. The summed E-state index contributed by atoms with van der Waals surface area (Å²) in [6.07, 6.45) is 2.86. The highest BCUT2D eigenvalue weighted by atomic mass is 35.5. The lowest BCUT2D eigenvalue weighted by Gasteiger charge is -2.06. The van der Waals surface area contributed by atoms with E-state index < -0.39 is 0 Å². The fraction of sp³-hybridized carbons (Fsp3) is 0.357. The van der Waals surface area contributed by atoms with Crippen molar-refractivity contribution < 1.29 is 4.52 Å². The maximum atomic E-state index is 5.88. The van der Waals surface area contributed by atoms with Gasteiger partial charge in [0.25, 0.3) is 0 Å². The average Bonchev–Trinajstić information content (AvgIpc) is 3.05. The number of imidazole rings is 1. The Bertz CT molecular complexity index is 705. The fourth-order valence-corrected chi connectivity index (χ4v) is 2.54. The SMILES string of the molecule is Cc1cccc2c1nc(CCCl)n2CCc1ncno1. The van der Waals surface area contributed by atoms with Crippen LogP contribution in [0.3, 0.4) is 0 Å². The summed E-state index contributed by atoms with van der Waals surface area (Å²) in [5, 5.41) is 3.63. The molecule has 0 saturated carbocycles. The minimum absolute atomic E-state index is 0.558. The van der Waals surface area contributed by atoms with E-state index in [0.717, 1.165) is 29.8 Å². The van der Waals surface area contributed by atoms with Gasteiger partial charge in [-0.25, -0.2) is 4.98 Å². The van der Waals surface area contributed by atoms with Gasteiger partial charge >= 0.3 is 0 Å². The number of hydrogen-bond acceptors (Lipinski definition) is 4. The number of nitrogens with zero attached hydrogens (tertiary/aromatic N) is 4. The quantitative estimate of drug-likeness (QED) is 0.678. The molecule has 3 aromatic rings. The number of hydrogen-bond donors (Lipinski definition) is 0. The van der Waals surface area contributed by atoms with Gasteiger partial charge in [-0.1, -0.05) is 17.3 Å². The van der Waals surface area contributed by atoms with Gasteiger partial charge in [0, 0.05) is 25.3 Å². The van der Waals surface area contributed by atoms with Crippen molar-refractivity contribution in [2.24, 2.45) is 0 Å². The van der Waals surface area contributed by atoms with Crippen molar-refractivity contribution in [2.75, 3.05) is 5.88 Å². The number of benzene rings is 1. The van der Waals surface area contributed by atoms with Crippen LogP contribution in [-0.4, -0.2) is 25.6 Å². The summed E-state index contributed by atoms with van der Waals surface area (Å²) in [5.74, 6) is 2.20. The normalized spacial score (nSPS) is 11.3. The van der Waals surface area contributed by atoms with Crippen LogP contribution in [0.25, 0.3) is 11.0 Å². The number of rotatable bonds is 5. The van der Waals surface area contributed by atoms with Gasteiger partial charge in [-0.2, -0.15) is 4.98 Å². The number of aromatic nitrogens is 4. The second kappa shape index (κ2) is 5.63. The van der Waals surface area contributed by atoms with Gasteiger partial charge in [-0.3, -0.25) is 0 Å². The third-order valence-corrected chi connectivity index (χ3v) is 3.52. The van der Waals surface area contributed by atoms with Crippen molar-refractivity contribution in [1.82, 2.24) is 19.7 Å². The third-order valence-electron chi connectivity index (χ3n) is 3.33. The van der Waals surface area contributed by atoms with E-state index in [2.05, 4.69) is 33.8 Å². The van der Waals surface area contributed by atoms with Crippen LogP contribution < -0.4 is 0 Å². The average molecular weight is 291 g/mol. The van der Waals surface area contributed by atoms with Crippen molar-refractivity contribution in [3.8, 4) is 0 Å². The van der Waals surface area contributed by atoms with E-state index in [0.29, 0.717) is 18.2 Å². The second-order valence-electron chi connectivity index (χ2n) is 4.65. The lowest BCUT2D eigenvalue weighted by atomic mass is 10.2. The van der Waals surface area contributed by atoms with Crippen LogP contribution in [0.15, 0.2) is 29.0 Å². The molecule has 2 heterocycles. The predicted octanol–water partition coefficient (Wildman–Crippen LogP) is 2.75. The topological polar surface area (TPSA) is 56.7 Å². The van der Waals surface area contributed by atoms with E-state index in [1.165, 1.54) is 11.9 Å². The summed E-state index contributed by atoms with van der Waals surface area (Å²) in [7, 11) is 0. The van der Waals surface area contributed by atoms with E-state index in [1.807, 2.05) is 6.07 Å². The molecule has 0 saturated heterocycles. The zero-order chi connectivity index (χ0) is 13.9. The lowest BCUT2D eigenvalue weighted by Crippen LogP contribution is -2.07. The summed E-state index contributed by atoms with van der Waals surface area (Å²) in [5.41, 5.74) is 3.35. The Kier molecular flexibility index (Phi) is 3.69. The molecule has 0 spiro atoms. The Balaban J connectivity index is 1.98. The van der Waals surface area contributed by atoms with Crippen molar-refractivity contribution in [2.45, 2.75) is 26.3 Å². The first-order valence-corrected chi connectivity index (χ1v) is 7.09. The molecule has 0 aliphatic rings. The van der Waals surface area contributed by atoms with Crippen LogP contribution in [0.4, 0.5) is 0 Å². The van der Waals surface area contributed by atoms with Crippen LogP contribution in [0.1, 0.15) is 17.3 Å². The molecule has 20 heavy (non-hydrogen) atoms. The van der Waals surface area contributed by atoms with Crippen LogP contribution in [0.5, 0.6) is 0 Å². The summed E-state index contributed by atoms with van der Waals surface area (Å²) in [6, 6.07) is 6.20. The number of aryl methyl sites for hydroxylation is 4. The maximum absolute atomic E-state index is 5.88. The smallest absolute Gasteiger partial charge is 0.228 e. The summed E-state index contributed by atoms with van der Waals surface area (Å²) >= 11 is 5.88. The molecule has 2 aromatic heterocycles. The first kappa shape index (κ1) is 13.1. The fourth-order valence-electron chi connectivity index (χ4n) is 2.37. The molecule has 0 unspecified atom stereocenters. The van der Waals surface area contributed by atoms with Crippen LogP contribution in [-0.2, 0) is 19.4 Å². The molecule has 1 aromatic carbocycles. The standard InChI is InChI=1S/C14H15ClN4O/c1-10-3-2-4-11-14(10)18-12(5-7-15)19(11)8-6-13-16-9-17-20-13/h2-4,9H,5-8H2,1H3. The maximum Gasteiger partial charge on any atom is 0.228 e. The van der Waals surface area contributed by atoms with Gasteiger partial charge in [-0.05, 0) is 18.6 Å². The zero-order valence-electron chi connectivity index (χ0n) is 11.2. The lowest BCUT2D eigenvalue weighted by molar-refractivity contribution is 0.371. The molecule has 0 aliphatic carbocycles. The highest BCUT2D eigenvalue weighted by Gasteiger charge is 2.12. The largest absolute Gasteiger partial charge is 0.340 e. The molecule has 0 N–H and O–H groups in total. The molecule has 0 fully saturated rings. The van der Waals surface area contributed by atoms with Gasteiger partial charge < -0.3 is 9.09 Å². The van der Waals surface area contributed by atoms with Gasteiger partial charge in [0.2, 0.25) is 5.89 Å². The summed E-state index contributed by atoms with van der Waals surface area (Å²) in [6.45, 7) is 2.83. The number of para-hydroxylation sites is 1. The first-order chi connectivity index (χ1) is 9.79. The molecule has 0 atom stereocenters. The Hall–Kier alpha value is -1.88. The van der Waals surface area contributed by atoms with Crippen LogP contribution >= 0.6 is 11.6 Å². The van der Waals surface area contributed by atoms with E-state index in [4.69, 9.17) is 21.1 Å². The minimum atomic E-state index is 0.558. The Labute approximate surface area is 121 Å². The van der Waals surface area contributed by atoms with E-state index >= 15 is 0 Å². The van der Waals surface area contributed by atoms with Crippen LogP contribution in [0.2, 0.25) is 0 Å². The summed E-state index contributed by atoms with van der Waals surface area (Å²) < 4.78 is 7.24. The molecule has 0 amide bonds. The van der Waals surface area contributed by atoms with Crippen molar-refractivity contribution in [3.05, 3.63) is 41.8 Å². The van der Waals surface area contributed by atoms with E-state index in [-0.39, 0.29) is 0 Å². The zero-order valence-corrected chi connectivity index (χ0v) is 12.0. The van der Waals surface area contributed by atoms with E-state index in [9.17, 15) is 0 Å². The molecule has 0 aliphatic heterocycles. The Morgan fingerprint density at radius 2 is 2.20 bits per heavy atom. The van der Waals surface area contributed by atoms with Crippen LogP contribution in [0, 0.1) is 6.92 Å². The van der Waals surface area contributed by atoms with Gasteiger partial charge in [0.15, 0.2) is 6.33 Å². The molecule has 3 rings (SSSR count). The molecule has 5 nitrogen and oxygen atoms in total. The van der Waals surface area contributed by atoms with Gasteiger partial charge in [-0.15, -0.1) is 11.6 Å². The number of halogens is 1. The molecule has 0 bridgehead atoms. The monoisotopic (exact) mass is 290 g/mol. The molecule has 6 heteroatoms. The van der Waals surface area contributed by atoms with Crippen molar-refractivity contribution >= 4 is 22.6 Å². The molecular formula is C14H15ClN4O. The van der Waals surface area contributed by atoms with E-state index in [1.54, 1.807) is 0 Å².